The SMILES string of the molecule is N#Cc1c(N)cccc1S(=O)(=O)c1ccc(-c2cccc3ccccc23)cc1. The molecule has 0 atom stereocenters. The highest BCUT2D eigenvalue weighted by Gasteiger charge is 2.22. The van der Waals surface area contributed by atoms with Gasteiger partial charge in [0, 0.05) is 0 Å². The van der Waals surface area contributed by atoms with Crippen LogP contribution in [0, 0.1) is 11.3 Å². The maximum Gasteiger partial charge on any atom is 0.207 e. The Hall–Kier alpha value is -3.62. The summed E-state index contributed by atoms with van der Waals surface area (Å²) in [5, 5.41) is 11.5. The van der Waals surface area contributed by atoms with Gasteiger partial charge in [0.15, 0.2) is 0 Å². The molecule has 5 heteroatoms. The number of fused-ring (bicyclic) bond motifs is 1. The molecule has 4 aromatic rings. The lowest BCUT2D eigenvalue weighted by molar-refractivity contribution is 0.596. The van der Waals surface area contributed by atoms with Gasteiger partial charge in [-0.15, -0.1) is 0 Å². The fourth-order valence-corrected chi connectivity index (χ4v) is 4.75. The van der Waals surface area contributed by atoms with Gasteiger partial charge in [0.05, 0.1) is 21.0 Å². The highest BCUT2D eigenvalue weighted by Crippen LogP contribution is 2.31. The van der Waals surface area contributed by atoms with Crippen molar-refractivity contribution in [3.8, 4) is 17.2 Å². The molecule has 0 aliphatic heterocycles. The molecule has 4 nitrogen and oxygen atoms in total. The lowest BCUT2D eigenvalue weighted by atomic mass is 9.98. The summed E-state index contributed by atoms with van der Waals surface area (Å²) in [4.78, 5) is 0.0477. The summed E-state index contributed by atoms with van der Waals surface area (Å²) in [7, 11) is -3.85. The van der Waals surface area contributed by atoms with E-state index in [4.69, 9.17) is 5.73 Å². The van der Waals surface area contributed by atoms with Gasteiger partial charge in [-0.05, 0) is 46.2 Å². The van der Waals surface area contributed by atoms with Gasteiger partial charge in [-0.25, -0.2) is 8.42 Å². The lowest BCUT2D eigenvalue weighted by Crippen LogP contribution is -2.06. The van der Waals surface area contributed by atoms with Gasteiger partial charge in [0.25, 0.3) is 0 Å². The van der Waals surface area contributed by atoms with Crippen LogP contribution in [0.5, 0.6) is 0 Å². The third-order valence-electron chi connectivity index (χ3n) is 4.73. The topological polar surface area (TPSA) is 83.9 Å². The Kier molecular flexibility index (Phi) is 4.34. The molecule has 0 aromatic heterocycles. The fourth-order valence-electron chi connectivity index (χ4n) is 3.31. The van der Waals surface area contributed by atoms with Gasteiger partial charge in [-0.2, -0.15) is 5.26 Å². The van der Waals surface area contributed by atoms with E-state index < -0.39 is 9.84 Å². The molecule has 2 N–H and O–H groups in total. The van der Waals surface area contributed by atoms with E-state index in [0.717, 1.165) is 21.9 Å². The van der Waals surface area contributed by atoms with Crippen LogP contribution in [0.15, 0.2) is 94.7 Å². The molecule has 4 rings (SSSR count). The predicted octanol–water partition coefficient (Wildman–Crippen LogP) is 4.79. The van der Waals surface area contributed by atoms with Gasteiger partial charge in [0.2, 0.25) is 9.84 Å². The quantitative estimate of drug-likeness (QED) is 0.515. The number of anilines is 1. The molecule has 0 aliphatic rings. The second kappa shape index (κ2) is 6.84. The molecular weight excluding hydrogens is 368 g/mol. The number of nitriles is 1. The maximum absolute atomic E-state index is 13.0. The minimum atomic E-state index is -3.85. The second-order valence-electron chi connectivity index (χ2n) is 6.39. The van der Waals surface area contributed by atoms with E-state index in [2.05, 4.69) is 0 Å². The molecule has 0 saturated carbocycles. The molecule has 0 fully saturated rings. The summed E-state index contributed by atoms with van der Waals surface area (Å²) in [6, 6.07) is 27.1. The van der Waals surface area contributed by atoms with Gasteiger partial charge in [-0.3, -0.25) is 0 Å². The van der Waals surface area contributed by atoms with E-state index in [0.29, 0.717) is 0 Å². The van der Waals surface area contributed by atoms with Crippen LogP contribution in [-0.2, 0) is 9.84 Å². The van der Waals surface area contributed by atoms with Crippen molar-refractivity contribution in [1.29, 1.82) is 5.26 Å². The largest absolute Gasteiger partial charge is 0.398 e. The predicted molar refractivity (Wildman–Crippen MR) is 110 cm³/mol. The Morgan fingerprint density at radius 3 is 2.21 bits per heavy atom. The minimum Gasteiger partial charge on any atom is -0.398 e. The van der Waals surface area contributed by atoms with Crippen LogP contribution in [-0.4, -0.2) is 8.42 Å². The Bertz CT molecular complexity index is 1330. The van der Waals surface area contributed by atoms with Gasteiger partial charge < -0.3 is 5.73 Å². The summed E-state index contributed by atoms with van der Waals surface area (Å²) in [5.41, 5.74) is 7.85. The third-order valence-corrected chi connectivity index (χ3v) is 6.54. The Labute approximate surface area is 163 Å². The maximum atomic E-state index is 13.0. The number of nitrogens with two attached hydrogens (primary N) is 1. The zero-order valence-electron chi connectivity index (χ0n) is 14.8. The zero-order valence-corrected chi connectivity index (χ0v) is 15.6. The molecule has 136 valence electrons. The van der Waals surface area contributed by atoms with Crippen LogP contribution in [0.25, 0.3) is 21.9 Å². The smallest absolute Gasteiger partial charge is 0.207 e. The van der Waals surface area contributed by atoms with E-state index in [1.807, 2.05) is 48.5 Å². The molecule has 0 radical (unpaired) electrons. The first kappa shape index (κ1) is 17.8. The van der Waals surface area contributed by atoms with E-state index in [9.17, 15) is 13.7 Å². The molecule has 0 unspecified atom stereocenters. The summed E-state index contributed by atoms with van der Waals surface area (Å²) in [6.07, 6.45) is 0. The zero-order chi connectivity index (χ0) is 19.7. The van der Waals surface area contributed by atoms with Crippen LogP contribution >= 0.6 is 0 Å². The Morgan fingerprint density at radius 2 is 1.46 bits per heavy atom. The monoisotopic (exact) mass is 384 g/mol. The minimum absolute atomic E-state index is 0.0272. The van der Waals surface area contributed by atoms with Crippen molar-refractivity contribution in [2.24, 2.45) is 0 Å². The first-order valence-corrected chi connectivity index (χ1v) is 10.1. The van der Waals surface area contributed by atoms with Gasteiger partial charge in [0.1, 0.15) is 6.07 Å². The molecule has 0 heterocycles. The highest BCUT2D eigenvalue weighted by atomic mass is 32.2. The fraction of sp³-hybridized carbons (Fsp3) is 0. The van der Waals surface area contributed by atoms with E-state index in [-0.39, 0.29) is 21.0 Å². The van der Waals surface area contributed by atoms with Crippen molar-refractivity contribution in [3.05, 3.63) is 90.5 Å². The Morgan fingerprint density at radius 1 is 0.786 bits per heavy atom. The van der Waals surface area contributed by atoms with Crippen LogP contribution in [0.1, 0.15) is 5.56 Å². The standard InChI is InChI=1S/C23H16N2O2S/c24-15-21-22(25)9-4-10-23(21)28(26,27)18-13-11-17(12-14-18)20-8-3-6-16-5-1-2-7-19(16)20/h1-14H,25H2. The van der Waals surface area contributed by atoms with Crippen LogP contribution in [0.3, 0.4) is 0 Å². The van der Waals surface area contributed by atoms with Crippen LogP contribution in [0.4, 0.5) is 5.69 Å². The normalized spacial score (nSPS) is 11.2. The summed E-state index contributed by atoms with van der Waals surface area (Å²) < 4.78 is 26.0. The molecule has 0 bridgehead atoms. The van der Waals surface area contributed by atoms with Crippen LogP contribution < -0.4 is 5.73 Å². The van der Waals surface area contributed by atoms with Crippen molar-refractivity contribution in [2.45, 2.75) is 9.79 Å². The number of nitrogen functional groups attached to an aromatic ring is 1. The second-order valence-corrected chi connectivity index (χ2v) is 8.30. The van der Waals surface area contributed by atoms with Crippen molar-refractivity contribution >= 4 is 26.3 Å². The van der Waals surface area contributed by atoms with Gasteiger partial charge in [-0.1, -0.05) is 60.7 Å². The van der Waals surface area contributed by atoms with Crippen molar-refractivity contribution in [1.82, 2.24) is 0 Å². The summed E-state index contributed by atoms with van der Waals surface area (Å²) in [5.74, 6) is 0. The average Bonchev–Trinajstić information content (AvgIpc) is 2.73. The van der Waals surface area contributed by atoms with E-state index >= 15 is 0 Å². The number of nitrogens with zero attached hydrogens (tertiary/aromatic N) is 1. The van der Waals surface area contributed by atoms with E-state index in [1.165, 1.54) is 18.2 Å². The number of hydrogen-bond acceptors (Lipinski definition) is 4. The highest BCUT2D eigenvalue weighted by molar-refractivity contribution is 7.91. The number of benzene rings is 4. The summed E-state index contributed by atoms with van der Waals surface area (Å²) in [6.45, 7) is 0. The number of sulfone groups is 1. The molecule has 0 amide bonds. The third kappa shape index (κ3) is 2.90. The first-order valence-electron chi connectivity index (χ1n) is 8.64. The van der Waals surface area contributed by atoms with Crippen LogP contribution in [0.2, 0.25) is 0 Å². The van der Waals surface area contributed by atoms with Crippen molar-refractivity contribution < 1.29 is 8.42 Å². The Balaban J connectivity index is 1.81. The van der Waals surface area contributed by atoms with E-state index in [1.54, 1.807) is 24.3 Å². The molecular formula is C23H16N2O2S. The number of hydrogen-bond donors (Lipinski definition) is 1. The molecule has 28 heavy (non-hydrogen) atoms. The van der Waals surface area contributed by atoms with Gasteiger partial charge >= 0.3 is 0 Å². The molecule has 4 aromatic carbocycles. The van der Waals surface area contributed by atoms with Crippen molar-refractivity contribution in [2.75, 3.05) is 5.73 Å². The molecule has 0 aliphatic carbocycles. The van der Waals surface area contributed by atoms with Crippen molar-refractivity contribution in [3.63, 3.8) is 0 Å². The molecule has 0 saturated heterocycles. The lowest BCUT2D eigenvalue weighted by Gasteiger charge is -2.10. The summed E-state index contributed by atoms with van der Waals surface area (Å²) >= 11 is 0. The number of rotatable bonds is 3. The molecule has 0 spiro atoms. The first-order chi connectivity index (χ1) is 13.5. The average molecular weight is 384 g/mol.